The summed E-state index contributed by atoms with van der Waals surface area (Å²) in [5, 5.41) is 9.01. The molecule has 2 aromatic carbocycles. The Morgan fingerprint density at radius 2 is 1.82 bits per heavy atom. The van der Waals surface area contributed by atoms with E-state index in [0.717, 1.165) is 11.3 Å². The van der Waals surface area contributed by atoms with Crippen molar-refractivity contribution in [3.63, 3.8) is 0 Å². The lowest BCUT2D eigenvalue weighted by Crippen LogP contribution is -2.25. The van der Waals surface area contributed by atoms with E-state index in [9.17, 15) is 13.2 Å². The van der Waals surface area contributed by atoms with E-state index in [4.69, 9.17) is 4.74 Å². The summed E-state index contributed by atoms with van der Waals surface area (Å²) in [6, 6.07) is 21.5. The average molecular weight is 497 g/mol. The van der Waals surface area contributed by atoms with Gasteiger partial charge in [0.2, 0.25) is 0 Å². The maximum atomic E-state index is 12.7. The van der Waals surface area contributed by atoms with Gasteiger partial charge >= 0.3 is 0 Å². The van der Waals surface area contributed by atoms with Gasteiger partial charge in [0.25, 0.3) is 15.9 Å². The molecular formula is C24H24N4O4S2. The number of aromatic nitrogens is 2. The van der Waals surface area contributed by atoms with Gasteiger partial charge in [0.1, 0.15) is 15.8 Å². The number of aryl methyl sites for hydroxylation is 1. The molecule has 0 spiro atoms. The van der Waals surface area contributed by atoms with Crippen molar-refractivity contribution in [2.24, 2.45) is 0 Å². The molecule has 2 aromatic heterocycles. The van der Waals surface area contributed by atoms with Crippen LogP contribution in [0.5, 0.6) is 5.75 Å². The number of rotatable bonds is 9. The Bertz CT molecular complexity index is 1350. The Hall–Kier alpha value is -3.63. The van der Waals surface area contributed by atoms with Crippen molar-refractivity contribution < 1.29 is 17.9 Å². The van der Waals surface area contributed by atoms with Crippen molar-refractivity contribution >= 4 is 38.8 Å². The van der Waals surface area contributed by atoms with Crippen LogP contribution in [-0.2, 0) is 21.4 Å². The van der Waals surface area contributed by atoms with Crippen LogP contribution in [0.4, 0.5) is 11.5 Å². The first kappa shape index (κ1) is 23.5. The van der Waals surface area contributed by atoms with Crippen LogP contribution < -0.4 is 14.4 Å². The summed E-state index contributed by atoms with van der Waals surface area (Å²) in [5.74, 6) is 0.719. The first-order valence-corrected chi connectivity index (χ1v) is 12.8. The second-order valence-corrected chi connectivity index (χ2v) is 10.7. The third kappa shape index (κ3) is 5.46. The molecule has 0 atom stereocenters. The summed E-state index contributed by atoms with van der Waals surface area (Å²) in [7, 11) is -2.11. The number of anilines is 2. The Labute approximate surface area is 202 Å². The van der Waals surface area contributed by atoms with E-state index in [1.807, 2.05) is 37.3 Å². The highest BCUT2D eigenvalue weighted by Crippen LogP contribution is 2.26. The number of ether oxygens (including phenoxy) is 1. The number of thiophene rings is 1. The fourth-order valence-corrected chi connectivity index (χ4v) is 5.64. The van der Waals surface area contributed by atoms with Crippen molar-refractivity contribution in [2.75, 3.05) is 23.3 Å². The van der Waals surface area contributed by atoms with Crippen LogP contribution in [0.15, 0.2) is 82.4 Å². The number of sulfonamides is 1. The van der Waals surface area contributed by atoms with E-state index >= 15 is 0 Å². The minimum Gasteiger partial charge on any atom is -0.484 e. The van der Waals surface area contributed by atoms with E-state index in [1.165, 1.54) is 22.7 Å². The molecule has 176 valence electrons. The van der Waals surface area contributed by atoms with Crippen LogP contribution >= 0.6 is 11.3 Å². The van der Waals surface area contributed by atoms with Crippen LogP contribution in [0.2, 0.25) is 0 Å². The third-order valence-electron chi connectivity index (χ3n) is 5.02. The molecule has 0 fully saturated rings. The zero-order valence-corrected chi connectivity index (χ0v) is 20.3. The normalized spacial score (nSPS) is 11.2. The van der Waals surface area contributed by atoms with Gasteiger partial charge < -0.3 is 10.1 Å². The number of hydrogen-bond donors (Lipinski definition) is 1. The molecule has 0 saturated heterocycles. The lowest BCUT2D eigenvalue weighted by Gasteiger charge is -2.18. The molecule has 0 aliphatic carbocycles. The van der Waals surface area contributed by atoms with Crippen molar-refractivity contribution in [2.45, 2.75) is 17.7 Å². The number of carbonyl (C=O) groups is 1. The monoisotopic (exact) mass is 496 g/mol. The van der Waals surface area contributed by atoms with Gasteiger partial charge in [-0.2, -0.15) is 5.10 Å². The Morgan fingerprint density at radius 3 is 2.50 bits per heavy atom. The zero-order valence-electron chi connectivity index (χ0n) is 18.7. The fraction of sp³-hybridized carbons (Fsp3) is 0.167. The summed E-state index contributed by atoms with van der Waals surface area (Å²) < 4.78 is 34.1. The van der Waals surface area contributed by atoms with Crippen LogP contribution in [-0.4, -0.2) is 37.8 Å². The van der Waals surface area contributed by atoms with Gasteiger partial charge in [-0.15, -0.1) is 11.3 Å². The largest absolute Gasteiger partial charge is 0.484 e. The van der Waals surface area contributed by atoms with Crippen LogP contribution in [0.25, 0.3) is 0 Å². The van der Waals surface area contributed by atoms with Gasteiger partial charge in [-0.05, 0) is 48.2 Å². The maximum Gasteiger partial charge on any atom is 0.273 e. The maximum absolute atomic E-state index is 12.7. The Morgan fingerprint density at radius 1 is 1.09 bits per heavy atom. The summed E-state index contributed by atoms with van der Waals surface area (Å²) >= 11 is 1.17. The number of amides is 1. The van der Waals surface area contributed by atoms with Crippen LogP contribution in [0.3, 0.4) is 0 Å². The predicted octanol–water partition coefficient (Wildman–Crippen LogP) is 4.14. The van der Waals surface area contributed by atoms with E-state index in [2.05, 4.69) is 10.4 Å². The molecule has 0 aliphatic heterocycles. The molecule has 4 rings (SSSR count). The van der Waals surface area contributed by atoms with Crippen LogP contribution in [0.1, 0.15) is 11.3 Å². The van der Waals surface area contributed by atoms with Crippen molar-refractivity contribution in [1.29, 1.82) is 0 Å². The molecule has 34 heavy (non-hydrogen) atoms. The second-order valence-electron chi connectivity index (χ2n) is 7.55. The highest BCUT2D eigenvalue weighted by Gasteiger charge is 2.22. The molecule has 4 aromatic rings. The molecule has 0 saturated carbocycles. The van der Waals surface area contributed by atoms with Gasteiger partial charge in [0.15, 0.2) is 6.61 Å². The summed E-state index contributed by atoms with van der Waals surface area (Å²) in [6.07, 6.45) is 0. The Balaban J connectivity index is 1.35. The van der Waals surface area contributed by atoms with Crippen molar-refractivity contribution in [3.05, 3.63) is 89.4 Å². The lowest BCUT2D eigenvalue weighted by molar-refractivity contribution is -0.118. The topological polar surface area (TPSA) is 93.5 Å². The highest BCUT2D eigenvalue weighted by atomic mass is 32.2. The first-order valence-electron chi connectivity index (χ1n) is 10.5. The number of nitrogens with zero attached hydrogens (tertiary/aromatic N) is 3. The molecule has 0 radical (unpaired) electrons. The van der Waals surface area contributed by atoms with Gasteiger partial charge in [0, 0.05) is 13.1 Å². The van der Waals surface area contributed by atoms with E-state index in [0.29, 0.717) is 23.8 Å². The minimum absolute atomic E-state index is 0.196. The number of nitrogens with one attached hydrogen (secondary N) is 1. The molecule has 2 heterocycles. The Kier molecular flexibility index (Phi) is 6.99. The van der Waals surface area contributed by atoms with E-state index in [-0.39, 0.29) is 16.7 Å². The molecule has 1 N–H and O–H groups in total. The van der Waals surface area contributed by atoms with Gasteiger partial charge in [0.05, 0.1) is 17.9 Å². The van der Waals surface area contributed by atoms with Crippen molar-refractivity contribution in [1.82, 2.24) is 9.78 Å². The molecular weight excluding hydrogens is 472 g/mol. The standard InChI is InChI=1S/C24H24N4O4S2/c1-18-15-22(28(26-18)16-19-7-4-3-5-8-19)25-23(29)17-32-21-12-10-20(11-13-21)27(2)34(30,31)24-9-6-14-33-24/h3-15H,16-17H2,1-2H3,(H,25,29). The minimum atomic E-state index is -3.61. The molecule has 1 amide bonds. The van der Waals surface area contributed by atoms with E-state index < -0.39 is 10.0 Å². The van der Waals surface area contributed by atoms with Gasteiger partial charge in [-0.1, -0.05) is 36.4 Å². The summed E-state index contributed by atoms with van der Waals surface area (Å²) in [6.45, 7) is 2.21. The molecule has 0 unspecified atom stereocenters. The second kappa shape index (κ2) is 10.1. The molecule has 10 heteroatoms. The smallest absolute Gasteiger partial charge is 0.273 e. The first-order chi connectivity index (χ1) is 16.3. The summed E-state index contributed by atoms with van der Waals surface area (Å²) in [5.41, 5.74) is 2.36. The molecule has 8 nitrogen and oxygen atoms in total. The number of hydrogen-bond acceptors (Lipinski definition) is 6. The average Bonchev–Trinajstić information content (AvgIpc) is 3.49. The fourth-order valence-electron chi connectivity index (χ4n) is 3.29. The van der Waals surface area contributed by atoms with Gasteiger partial charge in [-0.3, -0.25) is 9.10 Å². The number of benzene rings is 2. The predicted molar refractivity (Wildman–Crippen MR) is 133 cm³/mol. The molecule has 0 aliphatic rings. The van der Waals surface area contributed by atoms with Crippen molar-refractivity contribution in [3.8, 4) is 5.75 Å². The lowest BCUT2D eigenvalue weighted by atomic mass is 10.2. The molecule has 0 bridgehead atoms. The van der Waals surface area contributed by atoms with Gasteiger partial charge in [-0.25, -0.2) is 13.1 Å². The van der Waals surface area contributed by atoms with Crippen LogP contribution in [0, 0.1) is 6.92 Å². The summed E-state index contributed by atoms with van der Waals surface area (Å²) in [4.78, 5) is 12.5. The zero-order chi connectivity index (χ0) is 24.1. The SMILES string of the molecule is Cc1cc(NC(=O)COc2ccc(N(C)S(=O)(=O)c3cccs3)cc2)n(Cc2ccccc2)n1. The van der Waals surface area contributed by atoms with E-state index in [1.54, 1.807) is 52.5 Å². The third-order valence-corrected chi connectivity index (χ3v) is 8.18. The quantitative estimate of drug-likeness (QED) is 0.376. The number of carbonyl (C=O) groups excluding carboxylic acids is 1. The highest BCUT2D eigenvalue weighted by molar-refractivity contribution is 7.94.